The fraction of sp³-hybridized carbons (Fsp3) is 0.375. The molecule has 0 spiro atoms. The fourth-order valence-corrected chi connectivity index (χ4v) is 4.92. The van der Waals surface area contributed by atoms with Crippen LogP contribution in [0.25, 0.3) is 16.9 Å². The second-order valence-corrected chi connectivity index (χ2v) is 8.26. The van der Waals surface area contributed by atoms with Gasteiger partial charge >= 0.3 is 0 Å². The number of amides is 1. The molecule has 2 fully saturated rings. The van der Waals surface area contributed by atoms with Crippen molar-refractivity contribution in [3.8, 4) is 16.9 Å². The van der Waals surface area contributed by atoms with E-state index in [0.717, 1.165) is 36.7 Å². The van der Waals surface area contributed by atoms with Crippen molar-refractivity contribution in [1.29, 1.82) is 0 Å². The topological polar surface area (TPSA) is 51.0 Å². The van der Waals surface area contributed by atoms with E-state index in [2.05, 4.69) is 9.88 Å². The van der Waals surface area contributed by atoms with E-state index < -0.39 is 0 Å². The largest absolute Gasteiger partial charge is 0.338 e. The maximum Gasteiger partial charge on any atom is 0.257 e. The van der Waals surface area contributed by atoms with E-state index in [0.29, 0.717) is 17.2 Å². The monoisotopic (exact) mass is 386 g/mol. The van der Waals surface area contributed by atoms with Crippen molar-refractivity contribution in [2.24, 2.45) is 11.8 Å². The van der Waals surface area contributed by atoms with E-state index in [9.17, 15) is 4.79 Å². The number of nitrogens with zero attached hydrogens (tertiary/aromatic N) is 4. The van der Waals surface area contributed by atoms with Crippen molar-refractivity contribution in [1.82, 2.24) is 19.7 Å². The predicted molar refractivity (Wildman–Crippen MR) is 113 cm³/mol. The fourth-order valence-electron chi connectivity index (χ4n) is 4.92. The smallest absolute Gasteiger partial charge is 0.257 e. The molecule has 2 atom stereocenters. The molecule has 3 heterocycles. The molecule has 1 saturated carbocycles. The van der Waals surface area contributed by atoms with Crippen LogP contribution in [0.2, 0.25) is 0 Å². The number of para-hydroxylation sites is 1. The highest BCUT2D eigenvalue weighted by Gasteiger charge is 2.34. The quantitative estimate of drug-likeness (QED) is 0.662. The number of piperidine rings is 1. The maximum absolute atomic E-state index is 13.6. The Labute approximate surface area is 171 Å². The lowest BCUT2D eigenvalue weighted by Crippen LogP contribution is -2.44. The summed E-state index contributed by atoms with van der Waals surface area (Å²) in [7, 11) is 0. The third-order valence-corrected chi connectivity index (χ3v) is 6.48. The Kier molecular flexibility index (Phi) is 4.88. The molecular weight excluding hydrogens is 360 g/mol. The third kappa shape index (κ3) is 3.57. The van der Waals surface area contributed by atoms with E-state index >= 15 is 0 Å². The molecule has 5 heteroatoms. The van der Waals surface area contributed by atoms with Gasteiger partial charge in [0, 0.05) is 37.2 Å². The normalized spacial score (nSPS) is 21.6. The van der Waals surface area contributed by atoms with Gasteiger partial charge < -0.3 is 4.90 Å². The Morgan fingerprint density at radius 3 is 2.59 bits per heavy atom. The highest BCUT2D eigenvalue weighted by atomic mass is 16.2. The van der Waals surface area contributed by atoms with E-state index in [1.54, 1.807) is 12.4 Å². The minimum Gasteiger partial charge on any atom is -0.338 e. The van der Waals surface area contributed by atoms with Gasteiger partial charge in [-0.15, -0.1) is 0 Å². The molecule has 1 amide bonds. The van der Waals surface area contributed by atoms with Gasteiger partial charge in [-0.1, -0.05) is 37.5 Å². The van der Waals surface area contributed by atoms with Crippen LogP contribution in [0.4, 0.5) is 0 Å². The summed E-state index contributed by atoms with van der Waals surface area (Å²) in [5.74, 6) is 1.56. The van der Waals surface area contributed by atoms with Gasteiger partial charge in [-0.05, 0) is 48.9 Å². The third-order valence-electron chi connectivity index (χ3n) is 6.48. The Bertz CT molecular complexity index is 983. The molecule has 0 N–H and O–H groups in total. The first-order chi connectivity index (χ1) is 14.3. The molecule has 29 heavy (non-hydrogen) atoms. The van der Waals surface area contributed by atoms with Crippen LogP contribution in [0.1, 0.15) is 42.5 Å². The minimum atomic E-state index is 0.0926. The first kappa shape index (κ1) is 18.1. The number of carbonyl (C=O) groups is 1. The second-order valence-electron chi connectivity index (χ2n) is 8.26. The van der Waals surface area contributed by atoms with Crippen LogP contribution in [0, 0.1) is 11.8 Å². The summed E-state index contributed by atoms with van der Waals surface area (Å²) in [5, 5.41) is 4.78. The van der Waals surface area contributed by atoms with Crippen LogP contribution >= 0.6 is 0 Å². The summed E-state index contributed by atoms with van der Waals surface area (Å²) in [6.07, 6.45) is 11.8. The number of aromatic nitrogens is 3. The molecule has 0 unspecified atom stereocenters. The molecule has 1 aliphatic heterocycles. The van der Waals surface area contributed by atoms with E-state index in [4.69, 9.17) is 5.10 Å². The van der Waals surface area contributed by atoms with E-state index in [-0.39, 0.29) is 5.91 Å². The highest BCUT2D eigenvalue weighted by molar-refractivity contribution is 6.00. The number of likely N-dealkylation sites (tertiary alicyclic amines) is 1. The van der Waals surface area contributed by atoms with Crippen LogP contribution < -0.4 is 0 Å². The molecule has 5 rings (SSSR count). The second kappa shape index (κ2) is 7.82. The van der Waals surface area contributed by atoms with Crippen LogP contribution in [0.3, 0.4) is 0 Å². The summed E-state index contributed by atoms with van der Waals surface area (Å²) < 4.78 is 1.81. The standard InChI is InChI=1S/C24H26N4O/c29-24(27-14-12-18-7-4-5-8-20(18)16-27)22-17-28(21-10-2-1-3-11-21)26-23(22)19-9-6-13-25-15-19/h1-3,6,9-11,13,15,17-18,20H,4-5,7-8,12,14,16H2/t18-,20+/m0/s1. The first-order valence-corrected chi connectivity index (χ1v) is 10.6. The van der Waals surface area contributed by atoms with Crippen LogP contribution in [0.5, 0.6) is 0 Å². The molecule has 0 bridgehead atoms. The molecule has 2 aliphatic rings. The van der Waals surface area contributed by atoms with Gasteiger partial charge in [0.1, 0.15) is 5.69 Å². The van der Waals surface area contributed by atoms with Gasteiger partial charge in [0.25, 0.3) is 5.91 Å². The molecule has 1 saturated heterocycles. The van der Waals surface area contributed by atoms with Crippen molar-refractivity contribution in [2.75, 3.05) is 13.1 Å². The zero-order valence-electron chi connectivity index (χ0n) is 16.6. The molecule has 2 aromatic heterocycles. The molecule has 1 aliphatic carbocycles. The minimum absolute atomic E-state index is 0.0926. The number of hydrogen-bond acceptors (Lipinski definition) is 3. The number of hydrogen-bond donors (Lipinski definition) is 0. The van der Waals surface area contributed by atoms with Crippen LogP contribution in [-0.2, 0) is 0 Å². The predicted octanol–water partition coefficient (Wildman–Crippen LogP) is 4.59. The highest BCUT2D eigenvalue weighted by Crippen LogP contribution is 2.37. The van der Waals surface area contributed by atoms with Crippen molar-refractivity contribution in [3.05, 3.63) is 66.6 Å². The van der Waals surface area contributed by atoms with Crippen molar-refractivity contribution < 1.29 is 4.79 Å². The van der Waals surface area contributed by atoms with Gasteiger partial charge in [-0.25, -0.2) is 4.68 Å². The molecule has 148 valence electrons. The Morgan fingerprint density at radius 2 is 1.79 bits per heavy atom. The zero-order chi connectivity index (χ0) is 19.6. The number of carbonyl (C=O) groups excluding carboxylic acids is 1. The number of fused-ring (bicyclic) bond motifs is 1. The van der Waals surface area contributed by atoms with Gasteiger partial charge in [-0.3, -0.25) is 9.78 Å². The van der Waals surface area contributed by atoms with Gasteiger partial charge in [-0.2, -0.15) is 5.10 Å². The summed E-state index contributed by atoms with van der Waals surface area (Å²) in [5.41, 5.74) is 3.19. The van der Waals surface area contributed by atoms with Crippen LogP contribution in [0.15, 0.2) is 61.1 Å². The first-order valence-electron chi connectivity index (χ1n) is 10.6. The molecular formula is C24H26N4O. The molecule has 3 aromatic rings. The average molecular weight is 386 g/mol. The summed E-state index contributed by atoms with van der Waals surface area (Å²) in [6.45, 7) is 1.73. The molecule has 0 radical (unpaired) electrons. The summed E-state index contributed by atoms with van der Waals surface area (Å²) in [6, 6.07) is 13.8. The SMILES string of the molecule is O=C(c1cn(-c2ccccc2)nc1-c1cccnc1)N1CC[C@@H]2CCCC[C@@H]2C1. The Morgan fingerprint density at radius 1 is 0.966 bits per heavy atom. The van der Waals surface area contributed by atoms with Crippen molar-refractivity contribution >= 4 is 5.91 Å². The lowest BCUT2D eigenvalue weighted by molar-refractivity contribution is 0.0521. The average Bonchev–Trinajstić information content (AvgIpc) is 3.25. The Hall–Kier alpha value is -2.95. The summed E-state index contributed by atoms with van der Waals surface area (Å²) >= 11 is 0. The van der Waals surface area contributed by atoms with E-state index in [1.165, 1.54) is 25.7 Å². The van der Waals surface area contributed by atoms with Gasteiger partial charge in [0.05, 0.1) is 11.3 Å². The number of benzene rings is 1. The Balaban J connectivity index is 1.49. The number of pyridine rings is 1. The lowest BCUT2D eigenvalue weighted by atomic mass is 9.75. The summed E-state index contributed by atoms with van der Waals surface area (Å²) in [4.78, 5) is 19.9. The van der Waals surface area contributed by atoms with Gasteiger partial charge in [0.15, 0.2) is 0 Å². The zero-order valence-corrected chi connectivity index (χ0v) is 16.6. The van der Waals surface area contributed by atoms with Crippen molar-refractivity contribution in [3.63, 3.8) is 0 Å². The van der Waals surface area contributed by atoms with Crippen molar-refractivity contribution in [2.45, 2.75) is 32.1 Å². The molecule has 5 nitrogen and oxygen atoms in total. The maximum atomic E-state index is 13.6. The lowest BCUT2D eigenvalue weighted by Gasteiger charge is -2.41. The van der Waals surface area contributed by atoms with Gasteiger partial charge in [0.2, 0.25) is 0 Å². The van der Waals surface area contributed by atoms with E-state index in [1.807, 2.05) is 53.3 Å². The van der Waals surface area contributed by atoms with Crippen LogP contribution in [-0.4, -0.2) is 38.7 Å². The molecule has 1 aromatic carbocycles. The number of rotatable bonds is 3.